The van der Waals surface area contributed by atoms with Crippen LogP contribution in [0.3, 0.4) is 0 Å². The summed E-state index contributed by atoms with van der Waals surface area (Å²) in [5, 5.41) is 12.9. The zero-order valence-corrected chi connectivity index (χ0v) is 29.8. The molecular weight excluding hydrogens is 630 g/mol. The van der Waals surface area contributed by atoms with E-state index in [-0.39, 0.29) is 30.1 Å². The van der Waals surface area contributed by atoms with Crippen molar-refractivity contribution in [3.63, 3.8) is 0 Å². The third kappa shape index (κ3) is 12.1. The van der Waals surface area contributed by atoms with Gasteiger partial charge in [0.2, 0.25) is 11.8 Å². The Morgan fingerprint density at radius 1 is 0.780 bits per heavy atom. The van der Waals surface area contributed by atoms with Crippen LogP contribution in [-0.4, -0.2) is 59.7 Å². The molecule has 4 amide bonds. The summed E-state index contributed by atoms with van der Waals surface area (Å²) in [6, 6.07) is 23.4. The van der Waals surface area contributed by atoms with E-state index in [0.717, 1.165) is 24.0 Å². The van der Waals surface area contributed by atoms with E-state index in [1.54, 1.807) is 36.1 Å². The van der Waals surface area contributed by atoms with Crippen molar-refractivity contribution in [2.45, 2.75) is 85.0 Å². The lowest BCUT2D eigenvalue weighted by atomic mass is 9.91. The van der Waals surface area contributed by atoms with Gasteiger partial charge in [-0.25, -0.2) is 0 Å². The minimum atomic E-state index is -0.802. The molecule has 3 aromatic carbocycles. The lowest BCUT2D eigenvalue weighted by Gasteiger charge is -2.28. The lowest BCUT2D eigenvalue weighted by Crippen LogP contribution is -2.51. The molecule has 3 rings (SSSR count). The van der Waals surface area contributed by atoms with Gasteiger partial charge in [0.05, 0.1) is 6.04 Å². The first-order valence-corrected chi connectivity index (χ1v) is 17.5. The van der Waals surface area contributed by atoms with Gasteiger partial charge in [0, 0.05) is 47.6 Å². The van der Waals surface area contributed by atoms with E-state index in [4.69, 9.17) is 0 Å². The molecule has 0 aliphatic rings. The van der Waals surface area contributed by atoms with Gasteiger partial charge < -0.3 is 20.9 Å². The average molecular weight is 682 g/mol. The predicted molar refractivity (Wildman–Crippen MR) is 196 cm³/mol. The second-order valence-corrected chi connectivity index (χ2v) is 13.0. The Morgan fingerprint density at radius 2 is 1.38 bits per heavy atom. The maximum Gasteiger partial charge on any atom is 0.253 e. The number of nitrogens with one attached hydrogen (secondary N) is 3. The topological polar surface area (TPSA) is 156 Å². The summed E-state index contributed by atoms with van der Waals surface area (Å²) in [5.41, 5.74) is 12.2. The van der Waals surface area contributed by atoms with Crippen LogP contribution in [0.15, 0.2) is 90.0 Å². The maximum atomic E-state index is 13.7. The highest BCUT2D eigenvalue weighted by Crippen LogP contribution is 2.19. The number of amides is 4. The second kappa shape index (κ2) is 20.4. The van der Waals surface area contributed by atoms with Crippen molar-refractivity contribution >= 4 is 23.6 Å². The molecule has 4 atom stereocenters. The minimum absolute atomic E-state index is 0.117. The van der Waals surface area contributed by atoms with Crippen LogP contribution >= 0.6 is 0 Å². The molecule has 0 radical (unpaired) electrons. The van der Waals surface area contributed by atoms with Crippen molar-refractivity contribution in [1.29, 1.82) is 0 Å². The monoisotopic (exact) mass is 681 g/mol. The molecule has 0 aliphatic heterocycles. The summed E-state index contributed by atoms with van der Waals surface area (Å²) >= 11 is 0. The van der Waals surface area contributed by atoms with E-state index in [1.165, 1.54) is 0 Å². The van der Waals surface area contributed by atoms with E-state index >= 15 is 0 Å². The van der Waals surface area contributed by atoms with Gasteiger partial charge in [0.15, 0.2) is 0 Å². The third-order valence-electron chi connectivity index (χ3n) is 8.52. The number of carbonyl (C=O) groups excluding carboxylic acids is 4. The molecule has 266 valence electrons. The van der Waals surface area contributed by atoms with E-state index in [2.05, 4.69) is 26.0 Å². The zero-order valence-electron chi connectivity index (χ0n) is 29.8. The number of hydrogen-bond acceptors (Lipinski definition) is 5. The average Bonchev–Trinajstić information content (AvgIpc) is 3.12. The molecule has 0 saturated heterocycles. The van der Waals surface area contributed by atoms with Gasteiger partial charge in [-0.15, -0.1) is 0 Å². The fraction of sp³-hybridized carbons (Fsp3) is 0.436. The molecule has 0 unspecified atom stereocenters. The fourth-order valence-electron chi connectivity index (χ4n) is 5.79. The molecule has 11 nitrogen and oxygen atoms in total. The molecule has 0 aromatic heterocycles. The fourth-order valence-corrected chi connectivity index (χ4v) is 5.79. The number of hydrogen-bond donors (Lipinski definition) is 3. The van der Waals surface area contributed by atoms with Gasteiger partial charge in [-0.2, -0.15) is 0 Å². The molecule has 0 spiro atoms. The van der Waals surface area contributed by atoms with Crippen LogP contribution in [0.1, 0.15) is 85.7 Å². The summed E-state index contributed by atoms with van der Waals surface area (Å²) in [6.07, 6.45) is 2.10. The molecule has 0 aliphatic carbocycles. The summed E-state index contributed by atoms with van der Waals surface area (Å²) < 4.78 is 0. The van der Waals surface area contributed by atoms with Gasteiger partial charge in [0.25, 0.3) is 11.8 Å². The van der Waals surface area contributed by atoms with E-state index in [0.29, 0.717) is 37.2 Å². The molecule has 11 heteroatoms. The highest BCUT2D eigenvalue weighted by molar-refractivity contribution is 5.99. The van der Waals surface area contributed by atoms with Gasteiger partial charge in [0.1, 0.15) is 6.04 Å². The standard InChI is InChI=1S/C39H51N7O4/c1-6-21-46(22-7-2)39(50)32-20-14-19-31(25-32)37(48)42-33(24-29-15-10-8-11-16-29)34(44-45-40)23-28(5)36(47)43-35(27(3)4)38(49)41-26-30-17-12-9-13-18-30/h8-20,25,27-28,33-35H,6-7,21-24,26H2,1-5H3,(H,41,49)(H,42,48)(H,43,47)/t28-,33+,34+,35+/m1/s1. The van der Waals surface area contributed by atoms with Crippen LogP contribution in [0, 0.1) is 11.8 Å². The van der Waals surface area contributed by atoms with Crippen molar-refractivity contribution in [2.75, 3.05) is 13.1 Å². The van der Waals surface area contributed by atoms with Crippen LogP contribution in [0.2, 0.25) is 0 Å². The number of azide groups is 1. The van der Waals surface area contributed by atoms with Crippen LogP contribution in [0.5, 0.6) is 0 Å². The predicted octanol–water partition coefficient (Wildman–Crippen LogP) is 6.45. The summed E-state index contributed by atoms with van der Waals surface area (Å²) in [5.74, 6) is -2.06. The third-order valence-corrected chi connectivity index (χ3v) is 8.52. The first-order valence-electron chi connectivity index (χ1n) is 17.5. The molecule has 0 bridgehead atoms. The molecule has 50 heavy (non-hydrogen) atoms. The number of benzene rings is 3. The maximum absolute atomic E-state index is 13.7. The highest BCUT2D eigenvalue weighted by atomic mass is 16.2. The smallest absolute Gasteiger partial charge is 0.253 e. The van der Waals surface area contributed by atoms with Crippen molar-refractivity contribution in [3.8, 4) is 0 Å². The Labute approximate surface area is 295 Å². The van der Waals surface area contributed by atoms with Gasteiger partial charge in [-0.05, 0) is 66.5 Å². The van der Waals surface area contributed by atoms with Crippen molar-refractivity contribution in [3.05, 3.63) is 118 Å². The first kappa shape index (κ1) is 39.3. The van der Waals surface area contributed by atoms with Crippen LogP contribution < -0.4 is 16.0 Å². The minimum Gasteiger partial charge on any atom is -0.350 e. The van der Waals surface area contributed by atoms with Gasteiger partial charge in [-0.1, -0.05) is 106 Å². The Bertz CT molecular complexity index is 1590. The quantitative estimate of drug-likeness (QED) is 0.0755. The van der Waals surface area contributed by atoms with Crippen molar-refractivity contribution < 1.29 is 19.2 Å². The SMILES string of the molecule is CCCN(CCC)C(=O)c1cccc(C(=O)N[C@@H](Cc2ccccc2)[C@H](C[C@@H](C)C(=O)N[C@H](C(=O)NCc2ccccc2)C(C)C)N=[N+]=[N-])c1. The Balaban J connectivity index is 1.79. The normalized spacial score (nSPS) is 13.2. The number of rotatable bonds is 19. The summed E-state index contributed by atoms with van der Waals surface area (Å²) in [4.78, 5) is 58.5. The lowest BCUT2D eigenvalue weighted by molar-refractivity contribution is -0.132. The van der Waals surface area contributed by atoms with Crippen LogP contribution in [0.4, 0.5) is 0 Å². The van der Waals surface area contributed by atoms with Crippen molar-refractivity contribution in [2.24, 2.45) is 17.0 Å². The Morgan fingerprint density at radius 3 is 1.96 bits per heavy atom. The molecule has 0 fully saturated rings. The van der Waals surface area contributed by atoms with Crippen molar-refractivity contribution in [1.82, 2.24) is 20.9 Å². The first-order chi connectivity index (χ1) is 24.1. The van der Waals surface area contributed by atoms with E-state index < -0.39 is 30.0 Å². The molecule has 3 N–H and O–H groups in total. The van der Waals surface area contributed by atoms with Gasteiger partial charge >= 0.3 is 0 Å². The second-order valence-electron chi connectivity index (χ2n) is 13.0. The Hall–Kier alpha value is -5.15. The summed E-state index contributed by atoms with van der Waals surface area (Å²) in [6.45, 7) is 11.0. The van der Waals surface area contributed by atoms with Gasteiger partial charge in [-0.3, -0.25) is 19.2 Å². The molecule has 0 saturated carbocycles. The largest absolute Gasteiger partial charge is 0.350 e. The van der Waals surface area contributed by atoms with E-state index in [9.17, 15) is 24.7 Å². The molecule has 0 heterocycles. The zero-order chi connectivity index (χ0) is 36.5. The van der Waals surface area contributed by atoms with Crippen LogP contribution in [0.25, 0.3) is 10.4 Å². The number of carbonyl (C=O) groups is 4. The summed E-state index contributed by atoms with van der Waals surface area (Å²) in [7, 11) is 0. The van der Waals surface area contributed by atoms with E-state index in [1.807, 2.05) is 88.4 Å². The molecular formula is C39H51N7O4. The highest BCUT2D eigenvalue weighted by Gasteiger charge is 2.31. The number of nitrogens with zero attached hydrogens (tertiary/aromatic N) is 4. The molecule has 3 aromatic rings. The Kier molecular flexibility index (Phi) is 16.0. The van der Waals surface area contributed by atoms with Crippen LogP contribution in [-0.2, 0) is 22.6 Å².